The van der Waals surface area contributed by atoms with E-state index in [9.17, 15) is 14.0 Å². The zero-order valence-electron chi connectivity index (χ0n) is 27.7. The van der Waals surface area contributed by atoms with Crippen molar-refractivity contribution >= 4 is 37.2 Å². The number of carbonyl (C=O) groups is 2. The number of amides is 2. The minimum atomic E-state index is -1.91. The average Bonchev–Trinajstić information content (AvgIpc) is 3.44. The molecule has 244 valence electrons. The number of hydrogen-bond acceptors (Lipinski definition) is 5. The van der Waals surface area contributed by atoms with Gasteiger partial charge in [-0.15, -0.1) is 11.3 Å². The van der Waals surface area contributed by atoms with Crippen LogP contribution < -0.4 is 11.1 Å². The van der Waals surface area contributed by atoms with Crippen LogP contribution in [-0.4, -0.2) is 31.7 Å². The zero-order chi connectivity index (χ0) is 34.5. The van der Waals surface area contributed by atoms with Gasteiger partial charge in [-0.1, -0.05) is 62.9 Å². The number of carbonyl (C=O) groups excluding carboxylic acids is 2. The van der Waals surface area contributed by atoms with E-state index in [1.54, 1.807) is 54.1 Å². The number of nitrogens with two attached hydrogens (primary N) is 1. The van der Waals surface area contributed by atoms with Crippen LogP contribution in [-0.2, 0) is 4.43 Å². The fourth-order valence-corrected chi connectivity index (χ4v) is 7.15. The van der Waals surface area contributed by atoms with E-state index < -0.39 is 14.2 Å². The van der Waals surface area contributed by atoms with Gasteiger partial charge < -0.3 is 15.5 Å². The van der Waals surface area contributed by atoms with Gasteiger partial charge >= 0.3 is 0 Å². The minimum Gasteiger partial charge on any atom is -0.416 e. The summed E-state index contributed by atoms with van der Waals surface area (Å²) in [7, 11) is -1.91. The molecule has 5 aromatic rings. The average molecular weight is 676 g/mol. The van der Waals surface area contributed by atoms with Gasteiger partial charge in [0.1, 0.15) is 5.82 Å². The monoisotopic (exact) mass is 675 g/mol. The second-order valence-corrected chi connectivity index (χ2v) is 18.7. The van der Waals surface area contributed by atoms with Crippen molar-refractivity contribution in [1.82, 2.24) is 4.98 Å². The standard InChI is InChI=1S/C39H38FN3O3SSi/c1-39(2,3)48(4,5)46-23-7-6-14-33-34(35(26-19-21-42-22-20-26)36(47-33)27-15-17-31(40)18-16-27)28-10-9-13-32(25-28)43-38(45)30-12-8-11-29(24-30)37(41)44/h8-13,15-22,24-25H,7,23H2,1-5H3,(H2,41,44)(H,43,45). The highest BCUT2D eigenvalue weighted by molar-refractivity contribution is 7.17. The second-order valence-electron chi connectivity index (χ2n) is 12.9. The van der Waals surface area contributed by atoms with E-state index in [4.69, 9.17) is 10.2 Å². The Morgan fingerprint density at radius 3 is 2.27 bits per heavy atom. The van der Waals surface area contributed by atoms with Crippen molar-refractivity contribution in [2.75, 3.05) is 11.9 Å². The Labute approximate surface area is 286 Å². The molecule has 0 radical (unpaired) electrons. The largest absolute Gasteiger partial charge is 0.416 e. The van der Waals surface area contributed by atoms with E-state index in [0.717, 1.165) is 37.6 Å². The van der Waals surface area contributed by atoms with E-state index in [2.05, 4.69) is 56.0 Å². The summed E-state index contributed by atoms with van der Waals surface area (Å²) in [5, 5.41) is 3.06. The van der Waals surface area contributed by atoms with Gasteiger partial charge in [0.25, 0.3) is 5.91 Å². The van der Waals surface area contributed by atoms with Gasteiger partial charge in [0.05, 0.1) is 4.88 Å². The Morgan fingerprint density at radius 1 is 0.896 bits per heavy atom. The maximum atomic E-state index is 14.0. The van der Waals surface area contributed by atoms with Gasteiger partial charge in [-0.2, -0.15) is 0 Å². The quantitative estimate of drug-likeness (QED) is 0.0925. The van der Waals surface area contributed by atoms with Crippen LogP contribution in [0.15, 0.2) is 97.3 Å². The number of aromatic nitrogens is 1. The van der Waals surface area contributed by atoms with E-state index in [1.807, 2.05) is 36.4 Å². The molecule has 6 nitrogen and oxygen atoms in total. The molecule has 0 atom stereocenters. The first kappa shape index (κ1) is 34.5. The summed E-state index contributed by atoms with van der Waals surface area (Å²) in [6.07, 6.45) is 4.05. The second kappa shape index (κ2) is 14.5. The third kappa shape index (κ3) is 7.97. The van der Waals surface area contributed by atoms with E-state index in [-0.39, 0.29) is 22.3 Å². The van der Waals surface area contributed by atoms with Gasteiger partial charge in [0, 0.05) is 58.2 Å². The summed E-state index contributed by atoms with van der Waals surface area (Å²) in [5.74, 6) is 5.49. The Hall–Kier alpha value is -4.88. The van der Waals surface area contributed by atoms with Crippen molar-refractivity contribution in [3.8, 4) is 44.5 Å². The summed E-state index contributed by atoms with van der Waals surface area (Å²) in [5.41, 5.74) is 11.0. The van der Waals surface area contributed by atoms with Gasteiger partial charge in [0.2, 0.25) is 5.91 Å². The van der Waals surface area contributed by atoms with Crippen LogP contribution in [0.2, 0.25) is 18.1 Å². The van der Waals surface area contributed by atoms with Gasteiger partial charge in [-0.3, -0.25) is 14.6 Å². The highest BCUT2D eigenvalue weighted by Crippen LogP contribution is 2.48. The number of pyridine rings is 1. The lowest BCUT2D eigenvalue weighted by molar-refractivity contribution is 0.1000. The Bertz CT molecular complexity index is 2010. The molecule has 0 saturated carbocycles. The molecule has 9 heteroatoms. The lowest BCUT2D eigenvalue weighted by atomic mass is 9.93. The van der Waals surface area contributed by atoms with Crippen molar-refractivity contribution < 1.29 is 18.4 Å². The summed E-state index contributed by atoms with van der Waals surface area (Å²) >= 11 is 1.54. The van der Waals surface area contributed by atoms with Crippen molar-refractivity contribution in [2.24, 2.45) is 5.73 Å². The number of primary amides is 1. The summed E-state index contributed by atoms with van der Waals surface area (Å²) in [6, 6.07) is 24.2. The van der Waals surface area contributed by atoms with Crippen molar-refractivity contribution in [1.29, 1.82) is 0 Å². The van der Waals surface area contributed by atoms with E-state index >= 15 is 0 Å². The molecular weight excluding hydrogens is 638 g/mol. The van der Waals surface area contributed by atoms with E-state index in [1.165, 1.54) is 18.2 Å². The number of hydrogen-bond donors (Lipinski definition) is 2. The topological polar surface area (TPSA) is 94.3 Å². The van der Waals surface area contributed by atoms with Crippen molar-refractivity contribution in [3.05, 3.63) is 119 Å². The first-order chi connectivity index (χ1) is 22.8. The molecule has 3 aromatic carbocycles. The molecule has 0 aliphatic heterocycles. The lowest BCUT2D eigenvalue weighted by Crippen LogP contribution is -2.40. The molecule has 3 N–H and O–H groups in total. The molecule has 0 fully saturated rings. The first-order valence-electron chi connectivity index (χ1n) is 15.6. The van der Waals surface area contributed by atoms with Crippen LogP contribution in [0.4, 0.5) is 10.1 Å². The number of anilines is 1. The fraction of sp³-hybridized carbons (Fsp3) is 0.205. The lowest BCUT2D eigenvalue weighted by Gasteiger charge is -2.35. The maximum Gasteiger partial charge on any atom is 0.255 e. The SMILES string of the molecule is CC(C)(C)[Si](C)(C)OCCC#Cc1sc(-c2ccc(F)cc2)c(-c2ccncc2)c1-c1cccc(NC(=O)c2cccc(C(N)=O)c2)c1. The molecular formula is C39H38FN3O3SSi. The molecule has 0 bridgehead atoms. The Balaban J connectivity index is 1.58. The summed E-state index contributed by atoms with van der Waals surface area (Å²) in [4.78, 5) is 30.9. The van der Waals surface area contributed by atoms with E-state index in [0.29, 0.717) is 24.3 Å². The summed E-state index contributed by atoms with van der Waals surface area (Å²) in [6.45, 7) is 11.7. The van der Waals surface area contributed by atoms with Crippen LogP contribution >= 0.6 is 11.3 Å². The Kier molecular flexibility index (Phi) is 10.4. The molecule has 0 aliphatic carbocycles. The Morgan fingerprint density at radius 2 is 1.58 bits per heavy atom. The number of thiophene rings is 1. The molecule has 0 unspecified atom stereocenters. The summed E-state index contributed by atoms with van der Waals surface area (Å²) < 4.78 is 20.4. The zero-order valence-corrected chi connectivity index (χ0v) is 29.5. The maximum absolute atomic E-state index is 14.0. The number of benzene rings is 3. The third-order valence-electron chi connectivity index (χ3n) is 8.50. The van der Waals surface area contributed by atoms with Gasteiger partial charge in [-0.05, 0) is 89.4 Å². The molecule has 48 heavy (non-hydrogen) atoms. The molecule has 0 spiro atoms. The molecule has 5 rings (SSSR count). The van der Waals surface area contributed by atoms with Crippen molar-refractivity contribution in [2.45, 2.75) is 45.3 Å². The minimum absolute atomic E-state index is 0.107. The third-order valence-corrected chi connectivity index (χ3v) is 14.2. The predicted molar refractivity (Wildman–Crippen MR) is 196 cm³/mol. The van der Waals surface area contributed by atoms with Gasteiger partial charge in [0.15, 0.2) is 8.32 Å². The predicted octanol–water partition coefficient (Wildman–Crippen LogP) is 9.40. The molecule has 2 aromatic heterocycles. The number of nitrogens with zero attached hydrogens (tertiary/aromatic N) is 1. The highest BCUT2D eigenvalue weighted by Gasteiger charge is 2.36. The van der Waals surface area contributed by atoms with Crippen LogP contribution in [0.5, 0.6) is 0 Å². The molecule has 2 heterocycles. The number of halogens is 1. The highest BCUT2D eigenvalue weighted by atomic mass is 32.1. The van der Waals surface area contributed by atoms with Crippen LogP contribution in [0.3, 0.4) is 0 Å². The van der Waals surface area contributed by atoms with Crippen LogP contribution in [0.1, 0.15) is 52.8 Å². The van der Waals surface area contributed by atoms with Crippen LogP contribution in [0, 0.1) is 17.7 Å². The van der Waals surface area contributed by atoms with Crippen molar-refractivity contribution in [3.63, 3.8) is 0 Å². The number of rotatable bonds is 9. The fourth-order valence-electron chi connectivity index (χ4n) is 4.88. The number of nitrogens with one attached hydrogen (secondary N) is 1. The molecule has 0 saturated heterocycles. The molecule has 0 aliphatic rings. The first-order valence-corrected chi connectivity index (χ1v) is 19.3. The van der Waals surface area contributed by atoms with Gasteiger partial charge in [-0.25, -0.2) is 4.39 Å². The van der Waals surface area contributed by atoms with Crippen LogP contribution in [0.25, 0.3) is 32.7 Å². The smallest absolute Gasteiger partial charge is 0.255 e. The normalized spacial score (nSPS) is 11.5. The molecule has 2 amide bonds.